The molecule has 146 valence electrons. The highest BCUT2D eigenvalue weighted by Gasteiger charge is 2.63. The number of allylic oxidation sites excluding steroid dienone is 4. The molecule has 5 heteroatoms. The van der Waals surface area contributed by atoms with E-state index in [0.717, 1.165) is 11.1 Å². The molecule has 0 amide bonds. The monoisotopic (exact) mass is 364 g/mol. The molecular formula is C21H32O5. The van der Waals surface area contributed by atoms with Crippen molar-refractivity contribution in [2.45, 2.75) is 72.5 Å². The Morgan fingerprint density at radius 1 is 1.12 bits per heavy atom. The van der Waals surface area contributed by atoms with Crippen LogP contribution in [0.15, 0.2) is 23.3 Å². The smallest absolute Gasteiger partial charge is 0.187 e. The zero-order chi connectivity index (χ0) is 20.2. The van der Waals surface area contributed by atoms with Crippen molar-refractivity contribution in [1.29, 1.82) is 0 Å². The first kappa shape index (κ1) is 22.5. The Balaban J connectivity index is 3.30. The normalized spacial score (nSPS) is 28.2. The van der Waals surface area contributed by atoms with E-state index in [2.05, 4.69) is 0 Å². The average molecular weight is 364 g/mol. The van der Waals surface area contributed by atoms with Gasteiger partial charge >= 0.3 is 0 Å². The molecule has 1 fully saturated rings. The van der Waals surface area contributed by atoms with E-state index in [0.29, 0.717) is 0 Å². The minimum Gasteiger partial charge on any atom is -0.391 e. The van der Waals surface area contributed by atoms with Gasteiger partial charge in [-0.15, -0.1) is 0 Å². The maximum atomic E-state index is 12.9. The van der Waals surface area contributed by atoms with Crippen molar-refractivity contribution in [3.63, 3.8) is 0 Å². The van der Waals surface area contributed by atoms with Crippen LogP contribution in [0.5, 0.6) is 0 Å². The first-order valence-electron chi connectivity index (χ1n) is 9.20. The van der Waals surface area contributed by atoms with Gasteiger partial charge in [0.1, 0.15) is 11.7 Å². The molecule has 4 atom stereocenters. The lowest BCUT2D eigenvalue weighted by atomic mass is 9.81. The number of carbonyl (C=O) groups excluding carboxylic acids is 3. The number of rotatable bonds is 8. The summed E-state index contributed by atoms with van der Waals surface area (Å²) in [5, 5.41) is 21.7. The SMILES string of the molecule is CC(C)=CCC(=O)C1(O)C(=O)C(C(=O)CC(C)C)C(O)C1CC=C(C)C. The fourth-order valence-electron chi connectivity index (χ4n) is 3.39. The molecule has 4 unspecified atom stereocenters. The van der Waals surface area contributed by atoms with Crippen LogP contribution < -0.4 is 0 Å². The number of hydrogen-bond donors (Lipinski definition) is 2. The van der Waals surface area contributed by atoms with Gasteiger partial charge in [0.2, 0.25) is 0 Å². The van der Waals surface area contributed by atoms with Gasteiger partial charge in [-0.25, -0.2) is 0 Å². The second kappa shape index (κ2) is 8.87. The van der Waals surface area contributed by atoms with Crippen LogP contribution >= 0.6 is 0 Å². The summed E-state index contributed by atoms with van der Waals surface area (Å²) in [5.74, 6) is -4.25. The summed E-state index contributed by atoms with van der Waals surface area (Å²) in [5.41, 5.74) is -0.490. The van der Waals surface area contributed by atoms with E-state index < -0.39 is 40.9 Å². The van der Waals surface area contributed by atoms with E-state index in [9.17, 15) is 24.6 Å². The fourth-order valence-corrected chi connectivity index (χ4v) is 3.39. The van der Waals surface area contributed by atoms with E-state index in [1.807, 2.05) is 41.5 Å². The molecule has 5 nitrogen and oxygen atoms in total. The summed E-state index contributed by atoms with van der Waals surface area (Å²) in [6, 6.07) is 0. The molecule has 0 heterocycles. The molecule has 0 aromatic carbocycles. The number of hydrogen-bond acceptors (Lipinski definition) is 5. The van der Waals surface area contributed by atoms with Crippen LogP contribution in [-0.2, 0) is 14.4 Å². The highest BCUT2D eigenvalue weighted by atomic mass is 16.3. The van der Waals surface area contributed by atoms with Crippen molar-refractivity contribution in [3.8, 4) is 0 Å². The lowest BCUT2D eigenvalue weighted by molar-refractivity contribution is -0.153. The molecule has 0 saturated heterocycles. The van der Waals surface area contributed by atoms with Crippen LogP contribution in [0, 0.1) is 17.8 Å². The topological polar surface area (TPSA) is 91.7 Å². The molecule has 2 N–H and O–H groups in total. The van der Waals surface area contributed by atoms with E-state index in [1.54, 1.807) is 12.2 Å². The Morgan fingerprint density at radius 3 is 2.12 bits per heavy atom. The van der Waals surface area contributed by atoms with Crippen LogP contribution in [0.1, 0.15) is 60.8 Å². The first-order valence-corrected chi connectivity index (χ1v) is 9.20. The first-order chi connectivity index (χ1) is 11.9. The zero-order valence-electron chi connectivity index (χ0n) is 16.7. The zero-order valence-corrected chi connectivity index (χ0v) is 16.7. The molecule has 0 bridgehead atoms. The van der Waals surface area contributed by atoms with Crippen LogP contribution in [0.4, 0.5) is 0 Å². The summed E-state index contributed by atoms with van der Waals surface area (Å²) in [4.78, 5) is 38.1. The van der Waals surface area contributed by atoms with E-state index in [1.165, 1.54) is 0 Å². The van der Waals surface area contributed by atoms with Gasteiger partial charge in [0.15, 0.2) is 17.2 Å². The van der Waals surface area contributed by atoms with Gasteiger partial charge < -0.3 is 10.2 Å². The van der Waals surface area contributed by atoms with Crippen molar-refractivity contribution in [3.05, 3.63) is 23.3 Å². The number of ketones is 3. The van der Waals surface area contributed by atoms with Gasteiger partial charge in [-0.05, 0) is 40.0 Å². The minimum atomic E-state index is -2.32. The molecule has 0 spiro atoms. The van der Waals surface area contributed by atoms with E-state index in [4.69, 9.17) is 0 Å². The number of carbonyl (C=O) groups is 3. The van der Waals surface area contributed by atoms with E-state index in [-0.39, 0.29) is 25.2 Å². The van der Waals surface area contributed by atoms with Gasteiger partial charge in [0.25, 0.3) is 0 Å². The highest BCUT2D eigenvalue weighted by Crippen LogP contribution is 2.42. The Hall–Kier alpha value is -1.59. The number of Topliss-reactive ketones (excluding diaryl/α,β-unsaturated/α-hetero) is 3. The Morgan fingerprint density at radius 2 is 1.65 bits per heavy atom. The number of aliphatic hydroxyl groups excluding tert-OH is 1. The minimum absolute atomic E-state index is 0.0220. The third-order valence-corrected chi connectivity index (χ3v) is 4.81. The molecular weight excluding hydrogens is 332 g/mol. The lowest BCUT2D eigenvalue weighted by Gasteiger charge is -2.27. The second-order valence-corrected chi connectivity index (χ2v) is 8.20. The molecule has 1 rings (SSSR count). The molecule has 26 heavy (non-hydrogen) atoms. The maximum Gasteiger partial charge on any atom is 0.187 e. The third kappa shape index (κ3) is 4.77. The molecule has 1 aliphatic carbocycles. The van der Waals surface area contributed by atoms with Gasteiger partial charge in [0, 0.05) is 18.8 Å². The van der Waals surface area contributed by atoms with Gasteiger partial charge in [0.05, 0.1) is 6.10 Å². The van der Waals surface area contributed by atoms with Crippen molar-refractivity contribution in [1.82, 2.24) is 0 Å². The Kier molecular flexibility index (Phi) is 7.66. The Bertz CT molecular complexity index is 620. The molecule has 0 radical (unpaired) electrons. The van der Waals surface area contributed by atoms with Crippen LogP contribution in [0.3, 0.4) is 0 Å². The molecule has 1 saturated carbocycles. The summed E-state index contributed by atoms with van der Waals surface area (Å²) in [7, 11) is 0. The van der Waals surface area contributed by atoms with Crippen molar-refractivity contribution < 1.29 is 24.6 Å². The van der Waals surface area contributed by atoms with Gasteiger partial charge in [-0.3, -0.25) is 14.4 Å². The van der Waals surface area contributed by atoms with Gasteiger partial charge in [-0.1, -0.05) is 37.1 Å². The predicted molar refractivity (Wildman–Crippen MR) is 101 cm³/mol. The summed E-state index contributed by atoms with van der Waals surface area (Å²) < 4.78 is 0. The molecule has 1 aliphatic rings. The standard InChI is InChI=1S/C21H32O5/c1-12(2)7-9-15-19(24)18(16(22)11-14(5)6)20(25)21(15,26)17(23)10-8-13(3)4/h7-8,14-15,18-19,24,26H,9-11H2,1-6H3. The van der Waals surface area contributed by atoms with Crippen molar-refractivity contribution >= 4 is 17.3 Å². The van der Waals surface area contributed by atoms with Crippen LogP contribution in [0.25, 0.3) is 0 Å². The van der Waals surface area contributed by atoms with Crippen LogP contribution in [-0.4, -0.2) is 39.3 Å². The summed E-state index contributed by atoms with van der Waals surface area (Å²) in [6.07, 6.45) is 2.24. The fraction of sp³-hybridized carbons (Fsp3) is 0.667. The lowest BCUT2D eigenvalue weighted by Crippen LogP contribution is -2.50. The summed E-state index contributed by atoms with van der Waals surface area (Å²) in [6.45, 7) is 11.0. The van der Waals surface area contributed by atoms with E-state index >= 15 is 0 Å². The highest BCUT2D eigenvalue weighted by molar-refractivity contribution is 6.20. The largest absolute Gasteiger partial charge is 0.391 e. The average Bonchev–Trinajstić information content (AvgIpc) is 2.69. The quantitative estimate of drug-likeness (QED) is 0.510. The van der Waals surface area contributed by atoms with Crippen LogP contribution in [0.2, 0.25) is 0 Å². The Labute approximate surface area is 156 Å². The molecule has 0 aromatic heterocycles. The maximum absolute atomic E-state index is 12.9. The van der Waals surface area contributed by atoms with Crippen molar-refractivity contribution in [2.75, 3.05) is 0 Å². The molecule has 0 aliphatic heterocycles. The molecule has 0 aromatic rings. The third-order valence-electron chi connectivity index (χ3n) is 4.81. The second-order valence-electron chi connectivity index (χ2n) is 8.20. The predicted octanol–water partition coefficient (Wildman–Crippen LogP) is 2.79. The summed E-state index contributed by atoms with van der Waals surface area (Å²) >= 11 is 0. The number of aliphatic hydroxyl groups is 2. The van der Waals surface area contributed by atoms with Crippen molar-refractivity contribution in [2.24, 2.45) is 17.8 Å². The van der Waals surface area contributed by atoms with Gasteiger partial charge in [-0.2, -0.15) is 0 Å².